The van der Waals surface area contributed by atoms with Crippen LogP contribution in [0.1, 0.15) is 18.4 Å². The second-order valence-electron chi connectivity index (χ2n) is 5.23. The van der Waals surface area contributed by atoms with Crippen molar-refractivity contribution < 1.29 is 15.1 Å². The monoisotopic (exact) mass is 498 g/mol. The van der Waals surface area contributed by atoms with Crippen molar-refractivity contribution in [1.82, 2.24) is 5.32 Å². The summed E-state index contributed by atoms with van der Waals surface area (Å²) in [5.41, 5.74) is 0.820. The quantitative estimate of drug-likeness (QED) is 0.257. The molecule has 0 heterocycles. The second kappa shape index (κ2) is 7.84. The first kappa shape index (κ1) is 17.8. The van der Waals surface area contributed by atoms with E-state index >= 15 is 0 Å². The van der Waals surface area contributed by atoms with E-state index in [1.807, 2.05) is 0 Å². The predicted octanol–water partition coefficient (Wildman–Crippen LogP) is 1.72. The topological polar surface area (TPSA) is 81.9 Å². The first-order chi connectivity index (χ1) is 10.4. The minimum atomic E-state index is -0.363. The van der Waals surface area contributed by atoms with E-state index in [1.54, 1.807) is 12.1 Å². The summed E-state index contributed by atoms with van der Waals surface area (Å²) in [6, 6.07) is 4.98. The van der Waals surface area contributed by atoms with Gasteiger partial charge in [0.2, 0.25) is 0 Å². The molecule has 22 heavy (non-hydrogen) atoms. The van der Waals surface area contributed by atoms with E-state index in [2.05, 4.69) is 58.4 Å². The van der Waals surface area contributed by atoms with Crippen LogP contribution < -0.4 is 5.32 Å². The van der Waals surface area contributed by atoms with Gasteiger partial charge in [-0.05, 0) is 0 Å². The summed E-state index contributed by atoms with van der Waals surface area (Å²) in [6.07, 6.45) is 1.93. The number of oxime groups is 1. The van der Waals surface area contributed by atoms with Crippen molar-refractivity contribution in [3.8, 4) is 5.75 Å². The molecule has 0 saturated heterocycles. The summed E-state index contributed by atoms with van der Waals surface area (Å²) in [5.74, 6) is -0.241. The zero-order valence-corrected chi connectivity index (χ0v) is 16.5. The van der Waals surface area contributed by atoms with Gasteiger partial charge in [-0.25, -0.2) is 0 Å². The van der Waals surface area contributed by atoms with E-state index in [9.17, 15) is 9.90 Å². The van der Waals surface area contributed by atoms with Crippen molar-refractivity contribution in [3.05, 3.63) is 28.2 Å². The van der Waals surface area contributed by atoms with Gasteiger partial charge < -0.3 is 0 Å². The number of amides is 1. The molecule has 0 bridgehead atoms. The Hall–Kier alpha value is -0.521. The fourth-order valence-electron chi connectivity index (χ4n) is 2.36. The number of hydrogen-bond donors (Lipinski definition) is 3. The van der Waals surface area contributed by atoms with Gasteiger partial charge in [-0.1, -0.05) is 0 Å². The van der Waals surface area contributed by atoms with E-state index in [4.69, 9.17) is 5.21 Å². The van der Waals surface area contributed by atoms with Crippen LogP contribution in [-0.2, 0) is 11.2 Å². The molecule has 0 aromatic heterocycles. The van der Waals surface area contributed by atoms with Crippen LogP contribution >= 0.6 is 15.9 Å². The molecule has 2 atom stereocenters. The van der Waals surface area contributed by atoms with Crippen LogP contribution in [0.15, 0.2) is 27.8 Å². The fraction of sp³-hybridized carbons (Fsp3) is 0.429. The van der Waals surface area contributed by atoms with E-state index in [0.29, 0.717) is 14.1 Å². The molecule has 1 saturated carbocycles. The van der Waals surface area contributed by atoms with Gasteiger partial charge in [-0.3, -0.25) is 0 Å². The molecule has 118 valence electrons. The van der Waals surface area contributed by atoms with Gasteiger partial charge in [0.1, 0.15) is 0 Å². The summed E-state index contributed by atoms with van der Waals surface area (Å²) in [7, 11) is 0. The molecular formula is C14H15BrN2O3Se2. The average molecular weight is 497 g/mol. The Balaban J connectivity index is 1.99. The van der Waals surface area contributed by atoms with Crippen LogP contribution in [0.5, 0.6) is 5.75 Å². The third-order valence-electron chi connectivity index (χ3n) is 3.55. The molecule has 0 spiro atoms. The Morgan fingerprint density at radius 2 is 2.00 bits per heavy atom. The van der Waals surface area contributed by atoms with Crippen molar-refractivity contribution in [2.45, 2.75) is 34.9 Å². The molecule has 1 aliphatic rings. The molecule has 1 fully saturated rings. The number of phenolic OH excluding ortho intramolecular Hbond substituents is 1. The van der Waals surface area contributed by atoms with Gasteiger partial charge in [0.05, 0.1) is 0 Å². The van der Waals surface area contributed by atoms with Crippen LogP contribution in [0.25, 0.3) is 0 Å². The Kier molecular flexibility index (Phi) is 6.35. The van der Waals surface area contributed by atoms with E-state index in [1.165, 1.54) is 6.07 Å². The Bertz CT molecular complexity index is 587. The number of benzene rings is 1. The Morgan fingerprint density at radius 1 is 1.36 bits per heavy atom. The molecule has 1 aromatic carbocycles. The number of rotatable bonds is 4. The zero-order chi connectivity index (χ0) is 16.3. The molecule has 3 N–H and O–H groups in total. The number of phenols is 1. The van der Waals surface area contributed by atoms with Crippen LogP contribution in [0.4, 0.5) is 0 Å². The van der Waals surface area contributed by atoms with Gasteiger partial charge in [0.25, 0.3) is 0 Å². The number of carbonyl (C=O) groups is 1. The number of hydrogen-bond acceptors (Lipinski definition) is 4. The molecule has 0 aliphatic heterocycles. The number of nitrogens with one attached hydrogen (secondary N) is 1. The first-order valence-corrected chi connectivity index (χ1v) is 9.48. The van der Waals surface area contributed by atoms with Crippen LogP contribution in [-0.4, -0.2) is 60.0 Å². The molecule has 1 aliphatic carbocycles. The van der Waals surface area contributed by atoms with Crippen molar-refractivity contribution in [1.29, 1.82) is 0 Å². The SMILES string of the molecule is O=C(NC1CC([Se])C([Se])C1)/C(Cc1ccc(O)c(Br)c1)=N/O. The third-order valence-corrected chi connectivity index (χ3v) is 7.24. The molecule has 2 radical (unpaired) electrons. The van der Waals surface area contributed by atoms with Gasteiger partial charge in [-0.2, -0.15) is 0 Å². The number of halogens is 1. The summed E-state index contributed by atoms with van der Waals surface area (Å²) >= 11 is 9.41. The van der Waals surface area contributed by atoms with Crippen molar-refractivity contribution in [3.63, 3.8) is 0 Å². The normalized spacial score (nSPS) is 25.2. The summed E-state index contributed by atoms with van der Waals surface area (Å²) in [6.45, 7) is 0. The number of aromatic hydroxyl groups is 1. The van der Waals surface area contributed by atoms with E-state index < -0.39 is 0 Å². The summed E-state index contributed by atoms with van der Waals surface area (Å²) in [5, 5.41) is 24.6. The van der Waals surface area contributed by atoms with Gasteiger partial charge >= 0.3 is 154 Å². The average Bonchev–Trinajstić information content (AvgIpc) is 2.78. The number of carbonyl (C=O) groups excluding carboxylic acids is 1. The Labute approximate surface area is 153 Å². The van der Waals surface area contributed by atoms with Gasteiger partial charge in [0, 0.05) is 0 Å². The van der Waals surface area contributed by atoms with Crippen LogP contribution in [0.3, 0.4) is 0 Å². The number of nitrogens with zero attached hydrogens (tertiary/aromatic N) is 1. The van der Waals surface area contributed by atoms with Crippen LogP contribution in [0, 0.1) is 0 Å². The minimum absolute atomic E-state index is 0.0535. The maximum atomic E-state index is 12.2. The molecule has 1 amide bonds. The van der Waals surface area contributed by atoms with Gasteiger partial charge in [0.15, 0.2) is 0 Å². The molecular weight excluding hydrogens is 482 g/mol. The standard InChI is InChI=1S/C14H15BrN2O3Se2/c15-9-3-7(1-2-11(9)18)4-10(17-20)14(19)16-8-5-12(21)13(22)6-8/h1-3,8,12-13,18,20H,4-6H2,(H,16,19)/b17-10+. The van der Waals surface area contributed by atoms with Crippen molar-refractivity contribution in [2.24, 2.45) is 5.16 Å². The molecule has 5 nitrogen and oxygen atoms in total. The van der Waals surface area contributed by atoms with E-state index in [0.717, 1.165) is 18.4 Å². The fourth-order valence-corrected chi connectivity index (χ4v) is 4.23. The second-order valence-corrected chi connectivity index (χ2v) is 8.62. The Morgan fingerprint density at radius 3 is 2.55 bits per heavy atom. The molecule has 2 rings (SSSR count). The van der Waals surface area contributed by atoms with Crippen LogP contribution in [0.2, 0.25) is 9.63 Å². The van der Waals surface area contributed by atoms with Crippen molar-refractivity contribution >= 4 is 59.6 Å². The maximum absolute atomic E-state index is 12.2. The zero-order valence-electron chi connectivity index (χ0n) is 11.5. The first-order valence-electron chi connectivity index (χ1n) is 6.71. The summed E-state index contributed by atoms with van der Waals surface area (Å²) in [4.78, 5) is 13.0. The van der Waals surface area contributed by atoms with E-state index in [-0.39, 0.29) is 29.8 Å². The summed E-state index contributed by atoms with van der Waals surface area (Å²) < 4.78 is 0.534. The predicted molar refractivity (Wildman–Crippen MR) is 88.9 cm³/mol. The molecule has 1 aromatic rings. The van der Waals surface area contributed by atoms with Gasteiger partial charge in [-0.15, -0.1) is 0 Å². The van der Waals surface area contributed by atoms with Crippen molar-refractivity contribution in [2.75, 3.05) is 0 Å². The molecule has 2 unspecified atom stereocenters. The third kappa shape index (κ3) is 4.49. The molecule has 8 heteroatoms.